The van der Waals surface area contributed by atoms with Gasteiger partial charge in [0.1, 0.15) is 0 Å². The molecule has 0 atom stereocenters. The van der Waals surface area contributed by atoms with E-state index in [-0.39, 0.29) is 5.91 Å². The second-order valence-electron chi connectivity index (χ2n) is 5.30. The molecule has 5 nitrogen and oxygen atoms in total. The predicted octanol–water partition coefficient (Wildman–Crippen LogP) is 2.42. The molecular weight excluding hydrogens is 312 g/mol. The van der Waals surface area contributed by atoms with E-state index in [4.69, 9.17) is 0 Å². The average Bonchev–Trinajstić information content (AvgIpc) is 2.51. The van der Waals surface area contributed by atoms with Gasteiger partial charge < -0.3 is 5.32 Å². The molecule has 122 valence electrons. The number of rotatable bonds is 7. The van der Waals surface area contributed by atoms with E-state index in [1.165, 1.54) is 5.56 Å². The minimum Gasteiger partial charge on any atom is -0.352 e. The lowest BCUT2D eigenvalue weighted by Gasteiger charge is -2.07. The molecule has 2 rings (SSSR count). The molecule has 0 unspecified atom stereocenters. The van der Waals surface area contributed by atoms with Crippen LogP contribution in [0.15, 0.2) is 54.6 Å². The molecule has 0 fully saturated rings. The molecule has 0 bridgehead atoms. The van der Waals surface area contributed by atoms with E-state index in [1.54, 1.807) is 24.3 Å². The molecule has 23 heavy (non-hydrogen) atoms. The molecule has 0 saturated carbocycles. The van der Waals surface area contributed by atoms with Crippen LogP contribution in [-0.4, -0.2) is 27.1 Å². The highest BCUT2D eigenvalue weighted by atomic mass is 32.2. The van der Waals surface area contributed by atoms with Crippen LogP contribution in [0.3, 0.4) is 0 Å². The molecular formula is C17H20N2O3S. The van der Waals surface area contributed by atoms with Gasteiger partial charge in [0.15, 0.2) is 0 Å². The number of carbonyl (C=O) groups excluding carboxylic acids is 1. The average molecular weight is 332 g/mol. The van der Waals surface area contributed by atoms with Crippen LogP contribution in [0, 0.1) is 0 Å². The molecule has 0 heterocycles. The molecule has 2 N–H and O–H groups in total. The van der Waals surface area contributed by atoms with E-state index in [0.29, 0.717) is 17.8 Å². The van der Waals surface area contributed by atoms with Gasteiger partial charge in [-0.2, -0.15) is 0 Å². The van der Waals surface area contributed by atoms with Crippen LogP contribution in [0.25, 0.3) is 0 Å². The standard InChI is InChI=1S/C17H20N2O3S/c1-23(21,22)19-16-11-9-15(10-12-16)17(20)18-13-5-8-14-6-3-2-4-7-14/h2-4,6-7,9-12,19H,5,8,13H2,1H3,(H,18,20). The summed E-state index contributed by atoms with van der Waals surface area (Å²) in [6, 6.07) is 16.4. The number of nitrogens with one attached hydrogen (secondary N) is 2. The monoisotopic (exact) mass is 332 g/mol. The Hall–Kier alpha value is -2.34. The number of benzene rings is 2. The normalized spacial score (nSPS) is 11.0. The van der Waals surface area contributed by atoms with E-state index < -0.39 is 10.0 Å². The number of hydrogen-bond acceptors (Lipinski definition) is 3. The predicted molar refractivity (Wildman–Crippen MR) is 92.0 cm³/mol. The SMILES string of the molecule is CS(=O)(=O)Nc1ccc(C(=O)NCCCc2ccccc2)cc1. The van der Waals surface area contributed by atoms with Gasteiger partial charge in [-0.1, -0.05) is 30.3 Å². The third kappa shape index (κ3) is 6.12. The third-order valence-corrected chi connectivity index (χ3v) is 3.83. The maximum absolute atomic E-state index is 12.0. The van der Waals surface area contributed by atoms with Crippen molar-refractivity contribution in [3.05, 3.63) is 65.7 Å². The number of sulfonamides is 1. The Morgan fingerprint density at radius 1 is 1.00 bits per heavy atom. The Morgan fingerprint density at radius 2 is 1.65 bits per heavy atom. The molecule has 0 aliphatic rings. The summed E-state index contributed by atoms with van der Waals surface area (Å²) in [6.45, 7) is 0.594. The van der Waals surface area contributed by atoms with Crippen LogP contribution in [-0.2, 0) is 16.4 Å². The van der Waals surface area contributed by atoms with E-state index >= 15 is 0 Å². The van der Waals surface area contributed by atoms with Crippen molar-refractivity contribution in [2.75, 3.05) is 17.5 Å². The van der Waals surface area contributed by atoms with Crippen molar-refractivity contribution in [1.29, 1.82) is 0 Å². The van der Waals surface area contributed by atoms with Crippen molar-refractivity contribution in [3.63, 3.8) is 0 Å². The quantitative estimate of drug-likeness (QED) is 0.765. The Morgan fingerprint density at radius 3 is 2.26 bits per heavy atom. The summed E-state index contributed by atoms with van der Waals surface area (Å²) in [7, 11) is -3.30. The van der Waals surface area contributed by atoms with Gasteiger partial charge in [-0.05, 0) is 42.7 Å². The first kappa shape index (κ1) is 17.0. The van der Waals surface area contributed by atoms with Gasteiger partial charge in [-0.25, -0.2) is 8.42 Å². The summed E-state index contributed by atoms with van der Waals surface area (Å²) in [6.07, 6.45) is 2.86. The van der Waals surface area contributed by atoms with Crippen molar-refractivity contribution >= 4 is 21.6 Å². The summed E-state index contributed by atoms with van der Waals surface area (Å²) in [4.78, 5) is 12.0. The maximum Gasteiger partial charge on any atom is 0.251 e. The molecule has 0 radical (unpaired) electrons. The minimum absolute atomic E-state index is 0.163. The van der Waals surface area contributed by atoms with Gasteiger partial charge >= 0.3 is 0 Å². The van der Waals surface area contributed by atoms with E-state index in [2.05, 4.69) is 22.2 Å². The molecule has 1 amide bonds. The smallest absolute Gasteiger partial charge is 0.251 e. The van der Waals surface area contributed by atoms with E-state index in [1.807, 2.05) is 18.2 Å². The first-order chi connectivity index (χ1) is 10.9. The fourth-order valence-corrected chi connectivity index (χ4v) is 2.71. The summed E-state index contributed by atoms with van der Waals surface area (Å²) >= 11 is 0. The van der Waals surface area contributed by atoms with Crippen LogP contribution >= 0.6 is 0 Å². The Labute approximate surface area is 136 Å². The number of carbonyl (C=O) groups is 1. The van der Waals surface area contributed by atoms with Crippen LogP contribution < -0.4 is 10.0 Å². The zero-order valence-electron chi connectivity index (χ0n) is 13.0. The number of aryl methyl sites for hydroxylation is 1. The van der Waals surface area contributed by atoms with Crippen molar-refractivity contribution in [3.8, 4) is 0 Å². The van der Waals surface area contributed by atoms with Gasteiger partial charge in [0.05, 0.1) is 6.26 Å². The first-order valence-corrected chi connectivity index (χ1v) is 9.23. The number of anilines is 1. The Bertz CT molecular complexity index is 741. The molecule has 2 aromatic rings. The molecule has 2 aromatic carbocycles. The molecule has 0 aliphatic heterocycles. The molecule has 6 heteroatoms. The van der Waals surface area contributed by atoms with Crippen molar-refractivity contribution in [1.82, 2.24) is 5.32 Å². The lowest BCUT2D eigenvalue weighted by Crippen LogP contribution is -2.24. The van der Waals surface area contributed by atoms with Crippen molar-refractivity contribution in [2.24, 2.45) is 0 Å². The summed E-state index contributed by atoms with van der Waals surface area (Å²) < 4.78 is 24.6. The molecule has 0 aromatic heterocycles. The van der Waals surface area contributed by atoms with Crippen LogP contribution in [0.1, 0.15) is 22.3 Å². The second-order valence-corrected chi connectivity index (χ2v) is 7.05. The fraction of sp³-hybridized carbons (Fsp3) is 0.235. The molecule has 0 saturated heterocycles. The van der Waals surface area contributed by atoms with Gasteiger partial charge in [0.25, 0.3) is 5.91 Å². The Kier molecular flexibility index (Phi) is 5.76. The zero-order valence-corrected chi connectivity index (χ0v) is 13.8. The number of amides is 1. The van der Waals surface area contributed by atoms with Gasteiger partial charge in [0, 0.05) is 17.8 Å². The topological polar surface area (TPSA) is 75.3 Å². The van der Waals surface area contributed by atoms with Crippen molar-refractivity contribution < 1.29 is 13.2 Å². The zero-order chi connectivity index (χ0) is 16.7. The highest BCUT2D eigenvalue weighted by molar-refractivity contribution is 7.92. The van der Waals surface area contributed by atoms with Crippen LogP contribution in [0.4, 0.5) is 5.69 Å². The lowest BCUT2D eigenvalue weighted by atomic mass is 10.1. The van der Waals surface area contributed by atoms with E-state index in [0.717, 1.165) is 19.1 Å². The maximum atomic E-state index is 12.0. The van der Waals surface area contributed by atoms with Crippen LogP contribution in [0.5, 0.6) is 0 Å². The van der Waals surface area contributed by atoms with Gasteiger partial charge in [-0.3, -0.25) is 9.52 Å². The summed E-state index contributed by atoms with van der Waals surface area (Å²) in [5, 5.41) is 2.86. The first-order valence-electron chi connectivity index (χ1n) is 7.34. The molecule has 0 spiro atoms. The highest BCUT2D eigenvalue weighted by Gasteiger charge is 2.06. The van der Waals surface area contributed by atoms with E-state index in [9.17, 15) is 13.2 Å². The summed E-state index contributed by atoms with van der Waals surface area (Å²) in [5.41, 5.74) is 2.19. The Balaban J connectivity index is 1.79. The fourth-order valence-electron chi connectivity index (χ4n) is 2.14. The van der Waals surface area contributed by atoms with Crippen LogP contribution in [0.2, 0.25) is 0 Å². The highest BCUT2D eigenvalue weighted by Crippen LogP contribution is 2.11. The minimum atomic E-state index is -3.30. The third-order valence-electron chi connectivity index (χ3n) is 3.22. The molecule has 0 aliphatic carbocycles. The van der Waals surface area contributed by atoms with Gasteiger partial charge in [0.2, 0.25) is 10.0 Å². The number of hydrogen-bond donors (Lipinski definition) is 2. The summed E-state index contributed by atoms with van der Waals surface area (Å²) in [5.74, 6) is -0.163. The second kappa shape index (κ2) is 7.78. The lowest BCUT2D eigenvalue weighted by molar-refractivity contribution is 0.0953. The van der Waals surface area contributed by atoms with Gasteiger partial charge in [-0.15, -0.1) is 0 Å². The largest absolute Gasteiger partial charge is 0.352 e. The van der Waals surface area contributed by atoms with Crippen molar-refractivity contribution in [2.45, 2.75) is 12.8 Å².